The van der Waals surface area contributed by atoms with E-state index in [1.165, 1.54) is 7.05 Å². The van der Waals surface area contributed by atoms with Crippen molar-refractivity contribution in [3.8, 4) is 0 Å². The molecule has 4 nitrogen and oxygen atoms in total. The van der Waals surface area contributed by atoms with Gasteiger partial charge in [0, 0.05) is 18.1 Å². The first kappa shape index (κ1) is 11.7. The second kappa shape index (κ2) is 4.93. The van der Waals surface area contributed by atoms with Crippen LogP contribution in [0, 0.1) is 0 Å². The van der Waals surface area contributed by atoms with Gasteiger partial charge in [-0.2, -0.15) is 0 Å². The molecule has 14 heavy (non-hydrogen) atoms. The second-order valence-corrected chi connectivity index (χ2v) is 6.74. The number of oxime groups is 1. The maximum Gasteiger partial charge on any atom is 0.433 e. The number of amides is 1. The van der Waals surface area contributed by atoms with Crippen molar-refractivity contribution in [2.24, 2.45) is 5.16 Å². The smallest absolute Gasteiger partial charge is 0.323 e. The molecule has 2 atom stereocenters. The average molecular weight is 234 g/mol. The van der Waals surface area contributed by atoms with E-state index in [0.29, 0.717) is 5.25 Å². The van der Waals surface area contributed by atoms with Crippen molar-refractivity contribution in [2.75, 3.05) is 12.8 Å². The number of hydrogen-bond donors (Lipinski definition) is 1. The molecule has 1 fully saturated rings. The van der Waals surface area contributed by atoms with Gasteiger partial charge in [-0.3, -0.25) is 4.84 Å². The summed E-state index contributed by atoms with van der Waals surface area (Å²) in [7, 11) is 1.50. The zero-order valence-corrected chi connectivity index (χ0v) is 10.1. The van der Waals surface area contributed by atoms with Crippen LogP contribution in [0.4, 0.5) is 4.79 Å². The molecule has 0 aromatic rings. The summed E-state index contributed by atoms with van der Waals surface area (Å²) in [5.41, 5.74) is 0. The van der Waals surface area contributed by atoms with Crippen molar-refractivity contribution in [1.29, 1.82) is 0 Å². The van der Waals surface area contributed by atoms with Gasteiger partial charge in [0.05, 0.1) is 10.3 Å². The van der Waals surface area contributed by atoms with E-state index in [4.69, 9.17) is 0 Å². The van der Waals surface area contributed by atoms with Crippen LogP contribution in [-0.4, -0.2) is 34.4 Å². The molecule has 1 aliphatic rings. The number of carbonyl (C=O) groups is 1. The Hall–Kier alpha value is -0.360. The Morgan fingerprint density at radius 2 is 2.50 bits per heavy atom. The fourth-order valence-electron chi connectivity index (χ4n) is 1.03. The summed E-state index contributed by atoms with van der Waals surface area (Å²) in [4.78, 5) is 15.2. The monoisotopic (exact) mass is 234 g/mol. The maximum absolute atomic E-state index is 10.7. The first-order valence-corrected chi connectivity index (χ1v) is 6.17. The molecule has 0 aromatic carbocycles. The second-order valence-electron chi connectivity index (χ2n) is 3.12. The molecule has 0 bridgehead atoms. The fourth-order valence-corrected chi connectivity index (χ4v) is 4.07. The van der Waals surface area contributed by atoms with Crippen LogP contribution >= 0.6 is 23.5 Å². The van der Waals surface area contributed by atoms with Gasteiger partial charge in [0.1, 0.15) is 0 Å². The van der Waals surface area contributed by atoms with Crippen molar-refractivity contribution in [2.45, 2.75) is 23.2 Å². The molecule has 0 radical (unpaired) electrons. The van der Waals surface area contributed by atoms with Gasteiger partial charge in [0.2, 0.25) is 0 Å². The lowest BCUT2D eigenvalue weighted by atomic mass is 10.5. The third-order valence-electron chi connectivity index (χ3n) is 1.67. The fraction of sp³-hybridized carbons (Fsp3) is 0.750. The minimum Gasteiger partial charge on any atom is -0.323 e. The highest BCUT2D eigenvalue weighted by atomic mass is 32.2. The lowest BCUT2D eigenvalue weighted by Gasteiger charge is -2.14. The van der Waals surface area contributed by atoms with Gasteiger partial charge in [0.15, 0.2) is 0 Å². The molecule has 80 valence electrons. The average Bonchev–Trinajstić information content (AvgIpc) is 2.46. The van der Waals surface area contributed by atoms with Crippen LogP contribution in [0.15, 0.2) is 5.16 Å². The van der Waals surface area contributed by atoms with Crippen molar-refractivity contribution >= 4 is 35.8 Å². The van der Waals surface area contributed by atoms with Crippen LogP contribution in [0.2, 0.25) is 0 Å². The van der Waals surface area contributed by atoms with Crippen LogP contribution in [0.25, 0.3) is 0 Å². The number of carbonyl (C=O) groups excluding carboxylic acids is 1. The Morgan fingerprint density at radius 1 is 1.79 bits per heavy atom. The molecule has 1 aliphatic heterocycles. The zero-order chi connectivity index (χ0) is 10.6. The van der Waals surface area contributed by atoms with Crippen LogP contribution in [-0.2, 0) is 4.84 Å². The SMILES string of the molecule is CNC(=O)O/N=C\C1(C)SCC(C)S1. The van der Waals surface area contributed by atoms with E-state index in [1.807, 2.05) is 23.5 Å². The lowest BCUT2D eigenvalue weighted by molar-refractivity contribution is 0.153. The van der Waals surface area contributed by atoms with E-state index in [9.17, 15) is 4.79 Å². The summed E-state index contributed by atoms with van der Waals surface area (Å²) in [6, 6.07) is 0. The molecular formula is C8H14N2O2S2. The molecule has 6 heteroatoms. The minimum atomic E-state index is -0.536. The van der Waals surface area contributed by atoms with E-state index in [1.54, 1.807) is 6.21 Å². The molecule has 1 saturated heterocycles. The van der Waals surface area contributed by atoms with E-state index in [-0.39, 0.29) is 4.08 Å². The maximum atomic E-state index is 10.7. The molecule has 2 unspecified atom stereocenters. The third kappa shape index (κ3) is 3.42. The standard InChI is InChI=1S/C8H14N2O2S2/c1-6-4-13-8(2,14-6)5-10-12-7(11)9-3/h5-6H,4H2,1-3H3,(H,9,11)/b10-5-. The van der Waals surface area contributed by atoms with Crippen molar-refractivity contribution < 1.29 is 9.63 Å². The minimum absolute atomic E-state index is 0.0621. The highest BCUT2D eigenvalue weighted by Crippen LogP contribution is 2.46. The third-order valence-corrected chi connectivity index (χ3v) is 5.01. The quantitative estimate of drug-likeness (QED) is 0.450. The van der Waals surface area contributed by atoms with Crippen LogP contribution < -0.4 is 5.32 Å². The Morgan fingerprint density at radius 3 is 3.00 bits per heavy atom. The predicted molar refractivity (Wildman–Crippen MR) is 61.9 cm³/mol. The molecule has 0 saturated carbocycles. The Kier molecular flexibility index (Phi) is 4.12. The number of thioether (sulfide) groups is 2. The molecule has 1 N–H and O–H groups in total. The highest BCUT2D eigenvalue weighted by molar-refractivity contribution is 8.22. The summed E-state index contributed by atoms with van der Waals surface area (Å²) in [6.07, 6.45) is 1.15. The van der Waals surface area contributed by atoms with Crippen LogP contribution in [0.3, 0.4) is 0 Å². The highest BCUT2D eigenvalue weighted by Gasteiger charge is 2.33. The van der Waals surface area contributed by atoms with Gasteiger partial charge in [-0.1, -0.05) is 12.1 Å². The summed E-state index contributed by atoms with van der Waals surface area (Å²) in [5, 5.41) is 6.60. The number of rotatable bonds is 2. The summed E-state index contributed by atoms with van der Waals surface area (Å²) < 4.78 is -0.0621. The summed E-state index contributed by atoms with van der Waals surface area (Å²) >= 11 is 3.64. The summed E-state index contributed by atoms with van der Waals surface area (Å²) in [6.45, 7) is 4.25. The Balaban J connectivity index is 2.39. The topological polar surface area (TPSA) is 50.7 Å². The normalized spacial score (nSPS) is 32.1. The van der Waals surface area contributed by atoms with E-state index in [0.717, 1.165) is 5.75 Å². The number of nitrogens with one attached hydrogen (secondary N) is 1. The lowest BCUT2D eigenvalue weighted by Crippen LogP contribution is -2.19. The molecular weight excluding hydrogens is 220 g/mol. The van der Waals surface area contributed by atoms with Crippen molar-refractivity contribution in [1.82, 2.24) is 5.32 Å². The Bertz CT molecular complexity index is 247. The molecule has 1 amide bonds. The molecule has 0 aromatic heterocycles. The van der Waals surface area contributed by atoms with Gasteiger partial charge in [-0.15, -0.1) is 23.5 Å². The van der Waals surface area contributed by atoms with Gasteiger partial charge in [-0.25, -0.2) is 4.79 Å². The first-order chi connectivity index (χ1) is 6.56. The van der Waals surface area contributed by atoms with Gasteiger partial charge in [-0.05, 0) is 6.92 Å². The largest absolute Gasteiger partial charge is 0.433 e. The van der Waals surface area contributed by atoms with Crippen molar-refractivity contribution in [3.05, 3.63) is 0 Å². The molecule has 1 rings (SSSR count). The van der Waals surface area contributed by atoms with Crippen molar-refractivity contribution in [3.63, 3.8) is 0 Å². The number of nitrogens with zero attached hydrogens (tertiary/aromatic N) is 1. The molecule has 0 aliphatic carbocycles. The van der Waals surface area contributed by atoms with E-state index >= 15 is 0 Å². The summed E-state index contributed by atoms with van der Waals surface area (Å²) in [5.74, 6) is 1.10. The van der Waals surface area contributed by atoms with Gasteiger partial charge >= 0.3 is 6.09 Å². The Labute approximate surface area is 92.2 Å². The van der Waals surface area contributed by atoms with Crippen LogP contribution in [0.1, 0.15) is 13.8 Å². The van der Waals surface area contributed by atoms with E-state index < -0.39 is 6.09 Å². The first-order valence-electron chi connectivity index (χ1n) is 4.31. The van der Waals surface area contributed by atoms with Gasteiger partial charge < -0.3 is 5.32 Å². The van der Waals surface area contributed by atoms with Gasteiger partial charge in [0.25, 0.3) is 0 Å². The predicted octanol–water partition coefficient (Wildman–Crippen LogP) is 1.91. The van der Waals surface area contributed by atoms with E-state index in [2.05, 4.69) is 29.2 Å². The van der Waals surface area contributed by atoms with Crippen LogP contribution in [0.5, 0.6) is 0 Å². The molecule has 0 spiro atoms. The zero-order valence-electron chi connectivity index (χ0n) is 8.44. The number of hydrogen-bond acceptors (Lipinski definition) is 5. The molecule has 1 heterocycles.